The number of phenols is 1. The minimum Gasteiger partial charge on any atom is -0.507 e. The highest BCUT2D eigenvalue weighted by atomic mass is 16.5. The zero-order valence-electron chi connectivity index (χ0n) is 15.5. The third-order valence-corrected chi connectivity index (χ3v) is 5.31. The van der Waals surface area contributed by atoms with E-state index in [4.69, 9.17) is 4.74 Å². The van der Waals surface area contributed by atoms with Crippen LogP contribution < -0.4 is 9.64 Å². The number of rotatable bonds is 6. The van der Waals surface area contributed by atoms with Crippen molar-refractivity contribution in [3.63, 3.8) is 0 Å². The van der Waals surface area contributed by atoms with E-state index in [1.54, 1.807) is 12.1 Å². The molecule has 0 amide bonds. The molecule has 1 aliphatic carbocycles. The number of ether oxygens (including phenoxy) is 1. The summed E-state index contributed by atoms with van der Waals surface area (Å²) in [5, 5.41) is 10.6. The number of ketones is 1. The summed E-state index contributed by atoms with van der Waals surface area (Å²) in [7, 11) is 2.04. The molecule has 0 bridgehead atoms. The van der Waals surface area contributed by atoms with Crippen LogP contribution in [0.25, 0.3) is 5.57 Å². The van der Waals surface area contributed by atoms with Crippen LogP contribution in [0.15, 0.2) is 18.2 Å². The fourth-order valence-corrected chi connectivity index (χ4v) is 3.95. The summed E-state index contributed by atoms with van der Waals surface area (Å²) in [6, 6.07) is 3.70. The summed E-state index contributed by atoms with van der Waals surface area (Å²) in [5.41, 5.74) is 2.75. The number of unbranched alkanes of at least 4 members (excludes halogenated alkanes) is 2. The van der Waals surface area contributed by atoms with Crippen LogP contribution in [-0.2, 0) is 4.79 Å². The monoisotopic (exact) mass is 343 g/mol. The molecule has 1 aliphatic heterocycles. The highest BCUT2D eigenvalue weighted by Gasteiger charge is 2.33. The van der Waals surface area contributed by atoms with Crippen LogP contribution in [-0.4, -0.2) is 30.6 Å². The van der Waals surface area contributed by atoms with Gasteiger partial charge in [-0.2, -0.15) is 0 Å². The Bertz CT molecular complexity index is 680. The Morgan fingerprint density at radius 2 is 2.16 bits per heavy atom. The summed E-state index contributed by atoms with van der Waals surface area (Å²) in [6.07, 6.45) is 7.92. The second kappa shape index (κ2) is 7.51. The first-order chi connectivity index (χ1) is 12.0. The highest BCUT2D eigenvalue weighted by Crippen LogP contribution is 2.47. The number of anilines is 1. The predicted molar refractivity (Wildman–Crippen MR) is 101 cm³/mol. The van der Waals surface area contributed by atoms with Crippen molar-refractivity contribution in [2.24, 2.45) is 5.92 Å². The van der Waals surface area contributed by atoms with Gasteiger partial charge >= 0.3 is 0 Å². The molecule has 0 radical (unpaired) electrons. The van der Waals surface area contributed by atoms with Crippen molar-refractivity contribution >= 4 is 17.0 Å². The molecule has 25 heavy (non-hydrogen) atoms. The van der Waals surface area contributed by atoms with Gasteiger partial charge in [-0.1, -0.05) is 19.8 Å². The fraction of sp³-hybridized carbons (Fsp3) is 0.571. The van der Waals surface area contributed by atoms with E-state index in [1.165, 1.54) is 12.8 Å². The van der Waals surface area contributed by atoms with E-state index in [1.807, 2.05) is 13.1 Å². The van der Waals surface area contributed by atoms with Gasteiger partial charge in [0.15, 0.2) is 5.78 Å². The van der Waals surface area contributed by atoms with E-state index in [-0.39, 0.29) is 17.6 Å². The molecule has 0 fully saturated rings. The minimum absolute atomic E-state index is 0.126. The van der Waals surface area contributed by atoms with Gasteiger partial charge in [0, 0.05) is 43.6 Å². The summed E-state index contributed by atoms with van der Waals surface area (Å²) in [5.74, 6) is 1.39. The molecule has 1 N–H and O–H groups in total. The van der Waals surface area contributed by atoms with Crippen LogP contribution >= 0.6 is 0 Å². The van der Waals surface area contributed by atoms with Gasteiger partial charge in [0.05, 0.1) is 11.8 Å². The maximum absolute atomic E-state index is 11.9. The second-order valence-corrected chi connectivity index (χ2v) is 7.44. The Balaban J connectivity index is 1.86. The van der Waals surface area contributed by atoms with Crippen molar-refractivity contribution in [3.05, 3.63) is 23.8 Å². The van der Waals surface area contributed by atoms with Gasteiger partial charge in [0.25, 0.3) is 0 Å². The second-order valence-electron chi connectivity index (χ2n) is 7.44. The van der Waals surface area contributed by atoms with Gasteiger partial charge in [-0.05, 0) is 37.8 Å². The number of allylic oxidation sites excluding steroid dienone is 1. The minimum atomic E-state index is 0.126. The Hall–Kier alpha value is -1.97. The molecular weight excluding hydrogens is 314 g/mol. The zero-order chi connectivity index (χ0) is 18.0. The Kier molecular flexibility index (Phi) is 5.36. The normalized spacial score (nSPS) is 20.6. The molecule has 3 rings (SSSR count). The van der Waals surface area contributed by atoms with Gasteiger partial charge < -0.3 is 14.7 Å². The topological polar surface area (TPSA) is 49.8 Å². The summed E-state index contributed by atoms with van der Waals surface area (Å²) < 4.78 is 6.04. The third-order valence-electron chi connectivity index (χ3n) is 5.31. The van der Waals surface area contributed by atoms with E-state index in [0.29, 0.717) is 18.1 Å². The molecule has 1 heterocycles. The molecular formula is C21H29NO3. The standard InChI is InChI=1S/C21H29NO3/c1-4-5-6-7-14(2)25-17-11-19-21(20(24)12-17)18-10-16(23)9-8-15(18)13-22(19)3/h10-12,14-15,24H,4-9,13H2,1-3H3. The Labute approximate surface area is 150 Å². The van der Waals surface area contributed by atoms with Gasteiger partial charge in [0.1, 0.15) is 11.5 Å². The number of benzene rings is 1. The van der Waals surface area contributed by atoms with Gasteiger partial charge in [-0.15, -0.1) is 0 Å². The molecule has 1 aromatic rings. The molecule has 0 saturated heterocycles. The maximum Gasteiger partial charge on any atom is 0.156 e. The number of phenolic OH excluding ortho intramolecular Hbond substituents is 1. The number of nitrogens with zero attached hydrogens (tertiary/aromatic N) is 1. The number of carbonyl (C=O) groups excluding carboxylic acids is 1. The van der Waals surface area contributed by atoms with Gasteiger partial charge in [-0.3, -0.25) is 4.79 Å². The molecule has 4 heteroatoms. The van der Waals surface area contributed by atoms with E-state index in [0.717, 1.165) is 42.6 Å². The Morgan fingerprint density at radius 3 is 2.92 bits per heavy atom. The van der Waals surface area contributed by atoms with Crippen LogP contribution in [0.4, 0.5) is 5.69 Å². The molecule has 1 aromatic carbocycles. The quantitative estimate of drug-likeness (QED) is 0.770. The average molecular weight is 343 g/mol. The highest BCUT2D eigenvalue weighted by molar-refractivity contribution is 6.02. The molecule has 2 aliphatic rings. The van der Waals surface area contributed by atoms with Crippen LogP contribution in [0.3, 0.4) is 0 Å². The van der Waals surface area contributed by atoms with Crippen molar-refractivity contribution in [2.75, 3.05) is 18.5 Å². The molecule has 0 aromatic heterocycles. The number of hydrogen-bond donors (Lipinski definition) is 1. The van der Waals surface area contributed by atoms with E-state index in [2.05, 4.69) is 18.7 Å². The first-order valence-corrected chi connectivity index (χ1v) is 9.49. The van der Waals surface area contributed by atoms with Crippen LogP contribution in [0.5, 0.6) is 11.5 Å². The number of carbonyl (C=O) groups is 1. The van der Waals surface area contributed by atoms with Crippen molar-refractivity contribution < 1.29 is 14.6 Å². The molecule has 4 nitrogen and oxygen atoms in total. The first-order valence-electron chi connectivity index (χ1n) is 9.49. The van der Waals surface area contributed by atoms with Crippen LogP contribution in [0.1, 0.15) is 57.9 Å². The third kappa shape index (κ3) is 3.83. The molecule has 136 valence electrons. The largest absolute Gasteiger partial charge is 0.507 e. The lowest BCUT2D eigenvalue weighted by Crippen LogP contribution is -2.33. The predicted octanol–water partition coefficient (Wildman–Crippen LogP) is 4.55. The SMILES string of the molecule is CCCCCC(C)Oc1cc(O)c2c(c1)N(C)CC1CCC(=O)C=C21. The van der Waals surface area contributed by atoms with Crippen molar-refractivity contribution in [3.8, 4) is 11.5 Å². The average Bonchev–Trinajstić information content (AvgIpc) is 2.56. The lowest BCUT2D eigenvalue weighted by molar-refractivity contribution is -0.115. The summed E-state index contributed by atoms with van der Waals surface area (Å²) >= 11 is 0. The smallest absolute Gasteiger partial charge is 0.156 e. The van der Waals surface area contributed by atoms with Crippen LogP contribution in [0, 0.1) is 5.92 Å². The Morgan fingerprint density at radius 1 is 1.36 bits per heavy atom. The first kappa shape index (κ1) is 17.8. The van der Waals surface area contributed by atoms with E-state index in [9.17, 15) is 9.90 Å². The van der Waals surface area contributed by atoms with Gasteiger partial charge in [0.2, 0.25) is 0 Å². The van der Waals surface area contributed by atoms with Crippen molar-refractivity contribution in [1.29, 1.82) is 0 Å². The molecule has 2 atom stereocenters. The molecule has 0 saturated carbocycles. The fourth-order valence-electron chi connectivity index (χ4n) is 3.95. The molecule has 2 unspecified atom stereocenters. The van der Waals surface area contributed by atoms with Crippen molar-refractivity contribution in [2.45, 2.75) is 58.5 Å². The summed E-state index contributed by atoms with van der Waals surface area (Å²) in [4.78, 5) is 14.0. The van der Waals surface area contributed by atoms with E-state index < -0.39 is 0 Å². The van der Waals surface area contributed by atoms with Crippen LogP contribution in [0.2, 0.25) is 0 Å². The van der Waals surface area contributed by atoms with E-state index >= 15 is 0 Å². The number of aromatic hydroxyl groups is 1. The molecule has 0 spiro atoms. The van der Waals surface area contributed by atoms with Crippen molar-refractivity contribution in [1.82, 2.24) is 0 Å². The maximum atomic E-state index is 11.9. The number of hydrogen-bond acceptors (Lipinski definition) is 4. The summed E-state index contributed by atoms with van der Waals surface area (Å²) in [6.45, 7) is 5.15. The zero-order valence-corrected chi connectivity index (χ0v) is 15.5. The lowest BCUT2D eigenvalue weighted by atomic mass is 9.79. The lowest BCUT2D eigenvalue weighted by Gasteiger charge is -2.37. The number of fused-ring (bicyclic) bond motifs is 3. The van der Waals surface area contributed by atoms with Gasteiger partial charge in [-0.25, -0.2) is 0 Å².